The van der Waals surface area contributed by atoms with Crippen LogP contribution in [0.15, 0.2) is 12.3 Å². The summed E-state index contributed by atoms with van der Waals surface area (Å²) in [4.78, 5) is 32.0. The van der Waals surface area contributed by atoms with E-state index in [-0.39, 0.29) is 25.4 Å². The summed E-state index contributed by atoms with van der Waals surface area (Å²) in [5, 5.41) is 13.9. The van der Waals surface area contributed by atoms with E-state index in [2.05, 4.69) is 9.84 Å². The molecule has 0 saturated carbocycles. The SMILES string of the molecule is CCOC(=O)CC(=O)Cn1ccc([N+](=O)[O-])n1. The number of ether oxygens (including phenoxy) is 1. The zero-order valence-electron chi connectivity index (χ0n) is 9.16. The summed E-state index contributed by atoms with van der Waals surface area (Å²) in [7, 11) is 0. The molecule has 0 amide bonds. The maximum absolute atomic E-state index is 11.3. The van der Waals surface area contributed by atoms with Gasteiger partial charge in [-0.15, -0.1) is 0 Å². The lowest BCUT2D eigenvalue weighted by atomic mass is 10.3. The highest BCUT2D eigenvalue weighted by Crippen LogP contribution is 2.05. The van der Waals surface area contributed by atoms with Crippen LogP contribution < -0.4 is 0 Å². The van der Waals surface area contributed by atoms with Gasteiger partial charge in [0.15, 0.2) is 5.78 Å². The van der Waals surface area contributed by atoms with Crippen molar-refractivity contribution in [3.63, 3.8) is 0 Å². The molecule has 0 fully saturated rings. The summed E-state index contributed by atoms with van der Waals surface area (Å²) >= 11 is 0. The van der Waals surface area contributed by atoms with Crippen molar-refractivity contribution >= 4 is 17.6 Å². The van der Waals surface area contributed by atoms with Crippen LogP contribution in [-0.4, -0.2) is 33.1 Å². The van der Waals surface area contributed by atoms with E-state index in [4.69, 9.17) is 0 Å². The molecule has 0 radical (unpaired) electrons. The Labute approximate surface area is 96.3 Å². The van der Waals surface area contributed by atoms with Gasteiger partial charge in [-0.25, -0.2) is 0 Å². The van der Waals surface area contributed by atoms with Crippen molar-refractivity contribution in [3.05, 3.63) is 22.4 Å². The summed E-state index contributed by atoms with van der Waals surface area (Å²) in [5.74, 6) is -1.37. The molecule has 0 unspecified atom stereocenters. The van der Waals surface area contributed by atoms with Crippen LogP contribution in [0.2, 0.25) is 0 Å². The molecule has 0 atom stereocenters. The summed E-state index contributed by atoms with van der Waals surface area (Å²) < 4.78 is 5.71. The molecule has 8 heteroatoms. The molecular weight excluding hydrogens is 230 g/mol. The summed E-state index contributed by atoms with van der Waals surface area (Å²) in [6.45, 7) is 1.66. The minimum absolute atomic E-state index is 0.188. The molecule has 1 rings (SSSR count). The molecule has 0 aromatic carbocycles. The highest BCUT2D eigenvalue weighted by atomic mass is 16.6. The van der Waals surface area contributed by atoms with Crippen molar-refractivity contribution < 1.29 is 19.2 Å². The van der Waals surface area contributed by atoms with E-state index >= 15 is 0 Å². The first-order valence-electron chi connectivity index (χ1n) is 4.88. The number of ketones is 1. The van der Waals surface area contributed by atoms with Gasteiger partial charge < -0.3 is 14.9 Å². The molecular formula is C9H11N3O5. The van der Waals surface area contributed by atoms with Crippen LogP contribution >= 0.6 is 0 Å². The normalized spacial score (nSPS) is 9.94. The number of esters is 1. The second-order valence-corrected chi connectivity index (χ2v) is 3.15. The quantitative estimate of drug-likeness (QED) is 0.307. The molecule has 0 saturated heterocycles. The number of aromatic nitrogens is 2. The van der Waals surface area contributed by atoms with E-state index in [1.54, 1.807) is 6.92 Å². The maximum Gasteiger partial charge on any atom is 0.389 e. The Bertz CT molecular complexity index is 440. The average molecular weight is 241 g/mol. The Balaban J connectivity index is 2.50. The molecule has 92 valence electrons. The molecule has 0 aliphatic carbocycles. The van der Waals surface area contributed by atoms with Gasteiger partial charge in [0.2, 0.25) is 0 Å². The molecule has 0 N–H and O–H groups in total. The molecule has 1 aromatic heterocycles. The Hall–Kier alpha value is -2.25. The van der Waals surface area contributed by atoms with Crippen LogP contribution in [0.1, 0.15) is 13.3 Å². The second-order valence-electron chi connectivity index (χ2n) is 3.15. The zero-order valence-corrected chi connectivity index (χ0v) is 9.16. The summed E-state index contributed by atoms with van der Waals surface area (Å²) in [6, 6.07) is 1.18. The van der Waals surface area contributed by atoms with E-state index in [1.807, 2.05) is 0 Å². The Morgan fingerprint density at radius 2 is 2.29 bits per heavy atom. The zero-order chi connectivity index (χ0) is 12.8. The van der Waals surface area contributed by atoms with Crippen molar-refractivity contribution in [2.75, 3.05) is 6.61 Å². The fourth-order valence-corrected chi connectivity index (χ4v) is 1.15. The van der Waals surface area contributed by atoms with Gasteiger partial charge >= 0.3 is 11.8 Å². The highest BCUT2D eigenvalue weighted by molar-refractivity contribution is 5.95. The van der Waals surface area contributed by atoms with Gasteiger partial charge in [0, 0.05) is 0 Å². The predicted molar refractivity (Wildman–Crippen MR) is 55.1 cm³/mol. The lowest BCUT2D eigenvalue weighted by molar-refractivity contribution is -0.389. The molecule has 8 nitrogen and oxygen atoms in total. The van der Waals surface area contributed by atoms with Crippen LogP contribution in [0.3, 0.4) is 0 Å². The predicted octanol–water partition coefficient (Wildman–Crippen LogP) is 0.314. The third kappa shape index (κ3) is 4.01. The standard InChI is InChI=1S/C9H11N3O5/c1-2-17-9(14)5-7(13)6-11-4-3-8(10-11)12(15)16/h3-4H,2,5-6H2,1H3. The fraction of sp³-hybridized carbons (Fsp3) is 0.444. The number of nitrogens with zero attached hydrogens (tertiary/aromatic N) is 3. The van der Waals surface area contributed by atoms with E-state index in [1.165, 1.54) is 12.3 Å². The van der Waals surface area contributed by atoms with E-state index in [0.717, 1.165) is 4.68 Å². The van der Waals surface area contributed by atoms with Gasteiger partial charge in [-0.2, -0.15) is 4.68 Å². The monoisotopic (exact) mass is 241 g/mol. The van der Waals surface area contributed by atoms with Crippen molar-refractivity contribution in [3.8, 4) is 0 Å². The lowest BCUT2D eigenvalue weighted by Gasteiger charge is -1.99. The number of carbonyl (C=O) groups is 2. The van der Waals surface area contributed by atoms with Gasteiger partial charge in [-0.1, -0.05) is 0 Å². The van der Waals surface area contributed by atoms with Crippen molar-refractivity contribution in [2.45, 2.75) is 19.9 Å². The van der Waals surface area contributed by atoms with Crippen LogP contribution in [-0.2, 0) is 20.9 Å². The Kier molecular flexibility index (Phi) is 4.32. The van der Waals surface area contributed by atoms with Gasteiger partial charge in [-0.3, -0.25) is 9.59 Å². The fourth-order valence-electron chi connectivity index (χ4n) is 1.15. The van der Waals surface area contributed by atoms with Gasteiger partial charge in [0.25, 0.3) is 0 Å². The first kappa shape index (κ1) is 12.8. The lowest BCUT2D eigenvalue weighted by Crippen LogP contribution is -2.16. The van der Waals surface area contributed by atoms with Crippen molar-refractivity contribution in [1.29, 1.82) is 0 Å². The van der Waals surface area contributed by atoms with E-state index in [9.17, 15) is 19.7 Å². The Morgan fingerprint density at radius 1 is 1.59 bits per heavy atom. The molecule has 0 aliphatic rings. The smallest absolute Gasteiger partial charge is 0.389 e. The van der Waals surface area contributed by atoms with E-state index in [0.29, 0.717) is 0 Å². The number of nitro groups is 1. The van der Waals surface area contributed by atoms with E-state index < -0.39 is 16.7 Å². The topological polar surface area (TPSA) is 104 Å². The third-order valence-electron chi connectivity index (χ3n) is 1.80. The number of hydrogen-bond acceptors (Lipinski definition) is 6. The highest BCUT2D eigenvalue weighted by Gasteiger charge is 2.15. The third-order valence-corrected chi connectivity index (χ3v) is 1.80. The van der Waals surface area contributed by atoms with Gasteiger partial charge in [-0.05, 0) is 11.8 Å². The molecule has 1 heterocycles. The second kappa shape index (κ2) is 5.73. The number of Topliss-reactive ketones (excluding diaryl/α,β-unsaturated/α-hetero) is 1. The van der Waals surface area contributed by atoms with Crippen LogP contribution in [0.5, 0.6) is 0 Å². The average Bonchev–Trinajstić information content (AvgIpc) is 2.66. The molecule has 1 aromatic rings. The summed E-state index contributed by atoms with van der Waals surface area (Å²) in [6.07, 6.45) is 0.947. The minimum Gasteiger partial charge on any atom is -0.466 e. The largest absolute Gasteiger partial charge is 0.466 e. The number of hydrogen-bond donors (Lipinski definition) is 0. The van der Waals surface area contributed by atoms with Crippen LogP contribution in [0.25, 0.3) is 0 Å². The molecule has 17 heavy (non-hydrogen) atoms. The van der Waals surface area contributed by atoms with Crippen LogP contribution in [0, 0.1) is 10.1 Å². The van der Waals surface area contributed by atoms with Crippen molar-refractivity contribution in [1.82, 2.24) is 9.78 Å². The van der Waals surface area contributed by atoms with Gasteiger partial charge in [0.05, 0.1) is 24.0 Å². The van der Waals surface area contributed by atoms with Gasteiger partial charge in [0.1, 0.15) is 13.0 Å². The minimum atomic E-state index is -0.660. The Morgan fingerprint density at radius 3 is 2.82 bits per heavy atom. The van der Waals surface area contributed by atoms with Crippen molar-refractivity contribution in [2.24, 2.45) is 0 Å². The van der Waals surface area contributed by atoms with Crippen LogP contribution in [0.4, 0.5) is 5.82 Å². The molecule has 0 bridgehead atoms. The first-order valence-corrected chi connectivity index (χ1v) is 4.88. The number of rotatable bonds is 6. The molecule has 0 spiro atoms. The first-order chi connectivity index (χ1) is 8.02. The number of carbonyl (C=O) groups excluding carboxylic acids is 2. The maximum atomic E-state index is 11.3. The summed E-state index contributed by atoms with van der Waals surface area (Å²) in [5.41, 5.74) is 0. The molecule has 0 aliphatic heterocycles.